The summed E-state index contributed by atoms with van der Waals surface area (Å²) in [5, 5.41) is 9.50. The molecule has 27 heavy (non-hydrogen) atoms. The number of benzene rings is 2. The fourth-order valence-corrected chi connectivity index (χ4v) is 3.27. The van der Waals surface area contributed by atoms with Crippen LogP contribution in [0.5, 0.6) is 0 Å². The van der Waals surface area contributed by atoms with Gasteiger partial charge in [0.1, 0.15) is 11.6 Å². The highest BCUT2D eigenvalue weighted by Gasteiger charge is 2.23. The monoisotopic (exact) mass is 382 g/mol. The van der Waals surface area contributed by atoms with E-state index in [9.17, 15) is 9.59 Å². The van der Waals surface area contributed by atoms with Crippen molar-refractivity contribution in [2.24, 2.45) is 0 Å². The molecule has 1 heterocycles. The maximum absolute atomic E-state index is 12.9. The normalized spacial score (nSPS) is 11.6. The number of nitrogens with one attached hydrogen (secondary N) is 2. The summed E-state index contributed by atoms with van der Waals surface area (Å²) >= 11 is 1.28. The molecule has 0 fully saturated rings. The number of carbonyl (C=O) groups is 2. The van der Waals surface area contributed by atoms with Gasteiger partial charge in [-0.3, -0.25) is 9.89 Å². The summed E-state index contributed by atoms with van der Waals surface area (Å²) in [4.78, 5) is 28.7. The van der Waals surface area contributed by atoms with E-state index < -0.39 is 11.2 Å². The Morgan fingerprint density at radius 1 is 1.15 bits per heavy atom. The van der Waals surface area contributed by atoms with Crippen LogP contribution >= 0.6 is 11.8 Å². The third-order valence-electron chi connectivity index (χ3n) is 3.63. The van der Waals surface area contributed by atoms with Crippen LogP contribution in [-0.4, -0.2) is 33.7 Å². The average Bonchev–Trinajstić information content (AvgIpc) is 3.21. The van der Waals surface area contributed by atoms with E-state index in [-0.39, 0.29) is 5.91 Å². The molecule has 3 aromatic rings. The number of H-pyrrole nitrogens is 1. The van der Waals surface area contributed by atoms with E-state index in [0.717, 1.165) is 5.56 Å². The zero-order chi connectivity index (χ0) is 19.1. The molecule has 0 saturated heterocycles. The Hall–Kier alpha value is -3.13. The topological polar surface area (TPSA) is 97.0 Å². The minimum absolute atomic E-state index is 0.202. The number of aromatic amines is 1. The molecule has 0 aliphatic carbocycles. The third kappa shape index (κ3) is 4.95. The number of anilines is 1. The maximum Gasteiger partial charge on any atom is 0.338 e. The quantitative estimate of drug-likeness (QED) is 0.480. The minimum atomic E-state index is -0.510. The van der Waals surface area contributed by atoms with Crippen molar-refractivity contribution < 1.29 is 14.3 Å². The summed E-state index contributed by atoms with van der Waals surface area (Å²) in [6.07, 6.45) is 1.40. The van der Waals surface area contributed by atoms with Gasteiger partial charge in [0.15, 0.2) is 5.16 Å². The van der Waals surface area contributed by atoms with Gasteiger partial charge in [-0.1, -0.05) is 42.1 Å². The molecule has 7 nitrogen and oxygen atoms in total. The third-order valence-corrected chi connectivity index (χ3v) is 4.77. The molecule has 0 unspecified atom stereocenters. The van der Waals surface area contributed by atoms with Crippen molar-refractivity contribution in [2.45, 2.75) is 17.3 Å². The molecule has 1 amide bonds. The first-order valence-corrected chi connectivity index (χ1v) is 9.20. The smallest absolute Gasteiger partial charge is 0.338 e. The molecule has 0 bridgehead atoms. The molecule has 0 saturated carbocycles. The summed E-state index contributed by atoms with van der Waals surface area (Å²) in [5.41, 5.74) is 1.87. The zero-order valence-corrected chi connectivity index (χ0v) is 15.4. The van der Waals surface area contributed by atoms with Crippen LogP contribution < -0.4 is 5.32 Å². The van der Waals surface area contributed by atoms with E-state index in [1.54, 1.807) is 31.2 Å². The maximum atomic E-state index is 12.9. The first-order chi connectivity index (χ1) is 13.2. The Labute approximate surface area is 160 Å². The molecule has 0 radical (unpaired) electrons. The van der Waals surface area contributed by atoms with E-state index in [4.69, 9.17) is 4.74 Å². The number of nitrogens with zero attached hydrogens (tertiary/aromatic N) is 2. The molecule has 0 spiro atoms. The van der Waals surface area contributed by atoms with Gasteiger partial charge in [-0.15, -0.1) is 0 Å². The van der Waals surface area contributed by atoms with Gasteiger partial charge in [0, 0.05) is 5.69 Å². The number of carbonyl (C=O) groups excluding carboxylic acids is 2. The Bertz CT molecular complexity index is 883. The number of amides is 1. The Balaban J connectivity index is 1.75. The molecule has 0 aliphatic heterocycles. The molecule has 1 atom stereocenters. The van der Waals surface area contributed by atoms with Gasteiger partial charge in [0.25, 0.3) is 0 Å². The Morgan fingerprint density at radius 3 is 2.52 bits per heavy atom. The largest absolute Gasteiger partial charge is 0.462 e. The second-order valence-electron chi connectivity index (χ2n) is 5.49. The predicted octanol–water partition coefficient (Wildman–Crippen LogP) is 3.45. The number of thioether (sulfide) groups is 1. The summed E-state index contributed by atoms with van der Waals surface area (Å²) in [6.45, 7) is 2.07. The van der Waals surface area contributed by atoms with Crippen LogP contribution in [0.1, 0.15) is 28.1 Å². The van der Waals surface area contributed by atoms with Gasteiger partial charge in [0.2, 0.25) is 5.91 Å². The van der Waals surface area contributed by atoms with Crippen molar-refractivity contribution in [3.8, 4) is 0 Å². The van der Waals surface area contributed by atoms with E-state index in [2.05, 4.69) is 20.5 Å². The molecular weight excluding hydrogens is 364 g/mol. The fourth-order valence-electron chi connectivity index (χ4n) is 2.38. The SMILES string of the molecule is CCOC(=O)c1ccc(NC(=O)[C@@H](Sc2ncn[nH]2)c2ccccc2)cc1. The standard InChI is InChI=1S/C19H18N4O3S/c1-2-26-18(25)14-8-10-15(11-9-14)22-17(24)16(13-6-4-3-5-7-13)27-19-20-12-21-23-19/h3-12,16H,2H2,1H3,(H,22,24)(H,20,21,23)/t16-/m0/s1. The van der Waals surface area contributed by atoms with E-state index in [0.29, 0.717) is 23.0 Å². The van der Waals surface area contributed by atoms with Crippen molar-refractivity contribution in [1.29, 1.82) is 0 Å². The molecule has 2 N–H and O–H groups in total. The molecule has 138 valence electrons. The Kier molecular flexibility index (Phi) is 6.22. The van der Waals surface area contributed by atoms with E-state index in [1.807, 2.05) is 30.3 Å². The number of hydrogen-bond donors (Lipinski definition) is 2. The zero-order valence-electron chi connectivity index (χ0n) is 14.6. The van der Waals surface area contributed by atoms with Crippen LogP contribution in [0, 0.1) is 0 Å². The molecular formula is C19H18N4O3S. The lowest BCUT2D eigenvalue weighted by Crippen LogP contribution is -2.19. The van der Waals surface area contributed by atoms with Crippen molar-refractivity contribution in [1.82, 2.24) is 15.2 Å². The number of esters is 1. The lowest BCUT2D eigenvalue weighted by Gasteiger charge is -2.16. The van der Waals surface area contributed by atoms with Crippen LogP contribution in [0.3, 0.4) is 0 Å². The fraction of sp³-hybridized carbons (Fsp3) is 0.158. The van der Waals surface area contributed by atoms with Crippen molar-refractivity contribution in [3.63, 3.8) is 0 Å². The average molecular weight is 382 g/mol. The molecule has 1 aromatic heterocycles. The van der Waals surface area contributed by atoms with Crippen molar-refractivity contribution in [2.75, 3.05) is 11.9 Å². The lowest BCUT2D eigenvalue weighted by atomic mass is 10.1. The molecule has 8 heteroatoms. The van der Waals surface area contributed by atoms with Gasteiger partial charge >= 0.3 is 5.97 Å². The lowest BCUT2D eigenvalue weighted by molar-refractivity contribution is -0.115. The van der Waals surface area contributed by atoms with Crippen LogP contribution in [0.2, 0.25) is 0 Å². The second-order valence-corrected chi connectivity index (χ2v) is 6.58. The minimum Gasteiger partial charge on any atom is -0.462 e. The van der Waals surface area contributed by atoms with E-state index >= 15 is 0 Å². The van der Waals surface area contributed by atoms with Crippen LogP contribution in [-0.2, 0) is 9.53 Å². The Morgan fingerprint density at radius 2 is 1.89 bits per heavy atom. The highest BCUT2D eigenvalue weighted by molar-refractivity contribution is 8.00. The highest BCUT2D eigenvalue weighted by atomic mass is 32.2. The van der Waals surface area contributed by atoms with Crippen LogP contribution in [0.15, 0.2) is 66.1 Å². The second kappa shape index (κ2) is 9.00. The summed E-state index contributed by atoms with van der Waals surface area (Å²) in [7, 11) is 0. The summed E-state index contributed by atoms with van der Waals surface area (Å²) in [5.74, 6) is -0.593. The summed E-state index contributed by atoms with van der Waals surface area (Å²) in [6, 6.07) is 16.0. The number of ether oxygens (including phenoxy) is 1. The van der Waals surface area contributed by atoms with Gasteiger partial charge in [-0.05, 0) is 36.8 Å². The first-order valence-electron chi connectivity index (χ1n) is 8.32. The summed E-state index contributed by atoms with van der Waals surface area (Å²) < 4.78 is 4.96. The van der Waals surface area contributed by atoms with Gasteiger partial charge in [-0.2, -0.15) is 5.10 Å². The van der Waals surface area contributed by atoms with Gasteiger partial charge in [-0.25, -0.2) is 9.78 Å². The molecule has 0 aliphatic rings. The first kappa shape index (κ1) is 18.7. The predicted molar refractivity (Wildman–Crippen MR) is 102 cm³/mol. The van der Waals surface area contributed by atoms with Crippen molar-refractivity contribution >= 4 is 29.3 Å². The van der Waals surface area contributed by atoms with Crippen LogP contribution in [0.4, 0.5) is 5.69 Å². The highest BCUT2D eigenvalue weighted by Crippen LogP contribution is 2.34. The van der Waals surface area contributed by atoms with Gasteiger partial charge < -0.3 is 10.1 Å². The van der Waals surface area contributed by atoms with Gasteiger partial charge in [0.05, 0.1) is 12.2 Å². The van der Waals surface area contributed by atoms with Crippen molar-refractivity contribution in [3.05, 3.63) is 72.1 Å². The molecule has 3 rings (SSSR count). The number of rotatable bonds is 7. The van der Waals surface area contributed by atoms with Crippen LogP contribution in [0.25, 0.3) is 0 Å². The van der Waals surface area contributed by atoms with E-state index in [1.165, 1.54) is 18.1 Å². The number of hydrogen-bond acceptors (Lipinski definition) is 6. The number of aromatic nitrogens is 3. The molecule has 2 aromatic carbocycles.